The van der Waals surface area contributed by atoms with Crippen molar-refractivity contribution < 1.29 is 19.1 Å². The van der Waals surface area contributed by atoms with E-state index in [1.807, 2.05) is 18.2 Å². The Morgan fingerprint density at radius 1 is 1.08 bits per heavy atom. The first kappa shape index (κ1) is 17.8. The molecule has 1 N–H and O–H groups in total. The molecule has 0 aliphatic heterocycles. The summed E-state index contributed by atoms with van der Waals surface area (Å²) in [5.74, 6) is -0.511. The van der Waals surface area contributed by atoms with Crippen LogP contribution in [-0.2, 0) is 9.53 Å². The Bertz CT molecular complexity index is 720. The van der Waals surface area contributed by atoms with Gasteiger partial charge in [-0.2, -0.15) is 0 Å². The summed E-state index contributed by atoms with van der Waals surface area (Å²) in [5.41, 5.74) is -1.09. The second-order valence-electron chi connectivity index (χ2n) is 5.36. The SMILES string of the molecule is COC(=O)[C@](C)(COc1ccccc1)NC(=O)c1ccccc1Cl. The number of carbonyl (C=O) groups excluding carboxylic acids is 2. The summed E-state index contributed by atoms with van der Waals surface area (Å²) >= 11 is 6.03. The Balaban J connectivity index is 2.16. The Labute approximate surface area is 145 Å². The number of rotatable bonds is 6. The number of methoxy groups -OCH3 is 1. The molecule has 0 aromatic heterocycles. The van der Waals surface area contributed by atoms with Gasteiger partial charge in [-0.1, -0.05) is 41.9 Å². The van der Waals surface area contributed by atoms with Gasteiger partial charge >= 0.3 is 5.97 Å². The van der Waals surface area contributed by atoms with Crippen LogP contribution in [0, 0.1) is 0 Å². The normalized spacial score (nSPS) is 12.8. The molecule has 0 saturated carbocycles. The van der Waals surface area contributed by atoms with Crippen LogP contribution in [0.2, 0.25) is 5.02 Å². The molecule has 0 heterocycles. The Morgan fingerprint density at radius 2 is 1.71 bits per heavy atom. The van der Waals surface area contributed by atoms with Crippen LogP contribution in [0.4, 0.5) is 0 Å². The largest absolute Gasteiger partial charge is 0.491 e. The monoisotopic (exact) mass is 347 g/mol. The van der Waals surface area contributed by atoms with E-state index in [4.69, 9.17) is 21.1 Å². The minimum absolute atomic E-state index is 0.0835. The zero-order chi connectivity index (χ0) is 17.6. The standard InChI is InChI=1S/C18H18ClNO4/c1-18(17(22)23-2,12-24-13-8-4-3-5-9-13)20-16(21)14-10-6-7-11-15(14)19/h3-11H,12H2,1-2H3,(H,20,21)/t18-/m0/s1. The fourth-order valence-electron chi connectivity index (χ4n) is 2.08. The van der Waals surface area contributed by atoms with Gasteiger partial charge < -0.3 is 14.8 Å². The molecule has 0 fully saturated rings. The van der Waals surface area contributed by atoms with Gasteiger partial charge in [0.2, 0.25) is 0 Å². The molecule has 1 atom stereocenters. The average molecular weight is 348 g/mol. The molecule has 0 bridgehead atoms. The summed E-state index contributed by atoms with van der Waals surface area (Å²) in [6.45, 7) is 1.45. The van der Waals surface area contributed by atoms with E-state index in [9.17, 15) is 9.59 Å². The second kappa shape index (κ2) is 7.84. The van der Waals surface area contributed by atoms with E-state index in [0.29, 0.717) is 10.8 Å². The van der Waals surface area contributed by atoms with Crippen molar-refractivity contribution in [2.75, 3.05) is 13.7 Å². The highest BCUT2D eigenvalue weighted by molar-refractivity contribution is 6.33. The van der Waals surface area contributed by atoms with Crippen molar-refractivity contribution in [1.29, 1.82) is 0 Å². The maximum Gasteiger partial charge on any atom is 0.334 e. The van der Waals surface area contributed by atoms with Crippen LogP contribution >= 0.6 is 11.6 Å². The Hall–Kier alpha value is -2.53. The zero-order valence-corrected chi connectivity index (χ0v) is 14.2. The summed E-state index contributed by atoms with van der Waals surface area (Å²) in [7, 11) is 1.25. The van der Waals surface area contributed by atoms with Gasteiger partial charge in [0.25, 0.3) is 5.91 Å². The van der Waals surface area contributed by atoms with Crippen LogP contribution in [0.25, 0.3) is 0 Å². The van der Waals surface area contributed by atoms with Crippen molar-refractivity contribution in [2.45, 2.75) is 12.5 Å². The number of esters is 1. The number of ether oxygens (including phenoxy) is 2. The molecule has 1 amide bonds. The predicted molar refractivity (Wildman–Crippen MR) is 91.3 cm³/mol. The van der Waals surface area contributed by atoms with Gasteiger partial charge in [0.05, 0.1) is 17.7 Å². The van der Waals surface area contributed by atoms with Crippen LogP contribution in [0.3, 0.4) is 0 Å². The highest BCUT2D eigenvalue weighted by Crippen LogP contribution is 2.18. The van der Waals surface area contributed by atoms with Gasteiger partial charge in [-0.25, -0.2) is 4.79 Å². The van der Waals surface area contributed by atoms with E-state index in [2.05, 4.69) is 5.32 Å². The van der Waals surface area contributed by atoms with Crippen molar-refractivity contribution >= 4 is 23.5 Å². The number of benzene rings is 2. The lowest BCUT2D eigenvalue weighted by Crippen LogP contribution is -2.56. The fraction of sp³-hybridized carbons (Fsp3) is 0.222. The van der Waals surface area contributed by atoms with Crippen molar-refractivity contribution in [3.05, 3.63) is 65.2 Å². The average Bonchev–Trinajstić information content (AvgIpc) is 2.60. The van der Waals surface area contributed by atoms with E-state index >= 15 is 0 Å². The lowest BCUT2D eigenvalue weighted by atomic mass is 10.0. The molecule has 24 heavy (non-hydrogen) atoms. The lowest BCUT2D eigenvalue weighted by Gasteiger charge is -2.28. The van der Waals surface area contributed by atoms with Crippen LogP contribution in [-0.4, -0.2) is 31.1 Å². The predicted octanol–water partition coefficient (Wildman–Crippen LogP) is 3.08. The molecule has 0 aliphatic rings. The van der Waals surface area contributed by atoms with Gasteiger partial charge in [0, 0.05) is 0 Å². The van der Waals surface area contributed by atoms with Crippen molar-refractivity contribution in [1.82, 2.24) is 5.32 Å². The maximum atomic E-state index is 12.5. The summed E-state index contributed by atoms with van der Waals surface area (Å²) in [4.78, 5) is 24.6. The Morgan fingerprint density at radius 3 is 2.33 bits per heavy atom. The smallest absolute Gasteiger partial charge is 0.334 e. The maximum absolute atomic E-state index is 12.5. The van der Waals surface area contributed by atoms with E-state index in [1.54, 1.807) is 36.4 Å². The quantitative estimate of drug-likeness (QED) is 0.816. The van der Waals surface area contributed by atoms with Crippen LogP contribution in [0.5, 0.6) is 5.75 Å². The molecule has 6 heteroatoms. The number of amides is 1. The summed E-state index contributed by atoms with van der Waals surface area (Å²) in [6, 6.07) is 15.6. The molecule has 0 aliphatic carbocycles. The molecule has 0 spiro atoms. The number of halogens is 1. The third-order valence-electron chi connectivity index (χ3n) is 3.41. The third kappa shape index (κ3) is 4.26. The summed E-state index contributed by atoms with van der Waals surface area (Å²) < 4.78 is 10.4. The van der Waals surface area contributed by atoms with Gasteiger partial charge in [-0.3, -0.25) is 4.79 Å². The first-order chi connectivity index (χ1) is 11.5. The van der Waals surface area contributed by atoms with Crippen molar-refractivity contribution in [2.24, 2.45) is 0 Å². The molecule has 0 saturated heterocycles. The van der Waals surface area contributed by atoms with Crippen LogP contribution in [0.15, 0.2) is 54.6 Å². The molecular formula is C18H18ClNO4. The van der Waals surface area contributed by atoms with E-state index in [-0.39, 0.29) is 12.2 Å². The Kier molecular flexibility index (Phi) is 5.82. The van der Waals surface area contributed by atoms with Crippen LogP contribution in [0.1, 0.15) is 17.3 Å². The minimum atomic E-state index is -1.36. The minimum Gasteiger partial charge on any atom is -0.491 e. The number of hydrogen-bond acceptors (Lipinski definition) is 4. The van der Waals surface area contributed by atoms with Crippen molar-refractivity contribution in [3.63, 3.8) is 0 Å². The van der Waals surface area contributed by atoms with E-state index in [0.717, 1.165) is 0 Å². The molecule has 126 valence electrons. The molecule has 2 aromatic rings. The zero-order valence-electron chi connectivity index (χ0n) is 13.4. The fourth-order valence-corrected chi connectivity index (χ4v) is 2.30. The summed E-state index contributed by atoms with van der Waals surface area (Å²) in [6.07, 6.45) is 0. The molecule has 2 aromatic carbocycles. The second-order valence-corrected chi connectivity index (χ2v) is 5.77. The van der Waals surface area contributed by atoms with Gasteiger partial charge in [-0.15, -0.1) is 0 Å². The third-order valence-corrected chi connectivity index (χ3v) is 3.74. The van der Waals surface area contributed by atoms with E-state index in [1.165, 1.54) is 14.0 Å². The first-order valence-electron chi connectivity index (χ1n) is 7.29. The number of carbonyl (C=O) groups is 2. The number of para-hydroxylation sites is 1. The van der Waals surface area contributed by atoms with E-state index < -0.39 is 17.4 Å². The number of hydrogen-bond donors (Lipinski definition) is 1. The molecule has 5 nitrogen and oxygen atoms in total. The molecule has 0 unspecified atom stereocenters. The van der Waals surface area contributed by atoms with Gasteiger partial charge in [0.1, 0.15) is 12.4 Å². The molecule has 0 radical (unpaired) electrons. The first-order valence-corrected chi connectivity index (χ1v) is 7.67. The van der Waals surface area contributed by atoms with Gasteiger partial charge in [-0.05, 0) is 31.2 Å². The molecule has 2 rings (SSSR count). The number of nitrogens with one attached hydrogen (secondary N) is 1. The highest BCUT2D eigenvalue weighted by Gasteiger charge is 2.38. The summed E-state index contributed by atoms with van der Waals surface area (Å²) in [5, 5.41) is 2.95. The topological polar surface area (TPSA) is 64.6 Å². The lowest BCUT2D eigenvalue weighted by molar-refractivity contribution is -0.148. The molecular weight excluding hydrogens is 330 g/mol. The van der Waals surface area contributed by atoms with Gasteiger partial charge in [0.15, 0.2) is 5.54 Å². The highest BCUT2D eigenvalue weighted by atomic mass is 35.5. The van der Waals surface area contributed by atoms with Crippen LogP contribution < -0.4 is 10.1 Å². The van der Waals surface area contributed by atoms with Crippen molar-refractivity contribution in [3.8, 4) is 5.75 Å².